The van der Waals surface area contributed by atoms with Gasteiger partial charge in [-0.05, 0) is 26.7 Å². The second-order valence-corrected chi connectivity index (χ2v) is 6.82. The maximum absolute atomic E-state index is 12.2. The predicted molar refractivity (Wildman–Crippen MR) is 74.1 cm³/mol. The van der Waals surface area contributed by atoms with E-state index in [1.807, 2.05) is 34.6 Å². The van der Waals surface area contributed by atoms with Crippen molar-refractivity contribution >= 4 is 11.7 Å². The Kier molecular flexibility index (Phi) is 3.43. The van der Waals surface area contributed by atoms with Crippen LogP contribution in [0.2, 0.25) is 0 Å². The molecule has 2 rings (SSSR count). The number of carbonyl (C=O) groups excluding carboxylic acids is 1. The SMILES string of the molecule is CC(C)(NC1CC1)C(=O)Nc1cc(C(C)(C)C)on1. The molecule has 1 saturated carbocycles. The van der Waals surface area contributed by atoms with E-state index in [2.05, 4.69) is 15.8 Å². The van der Waals surface area contributed by atoms with Crippen molar-refractivity contribution in [3.8, 4) is 0 Å². The van der Waals surface area contributed by atoms with E-state index in [1.54, 1.807) is 6.07 Å². The third-order valence-electron chi connectivity index (χ3n) is 3.20. The smallest absolute Gasteiger partial charge is 0.245 e. The number of hydrogen-bond donors (Lipinski definition) is 2. The molecule has 0 bridgehead atoms. The van der Waals surface area contributed by atoms with Gasteiger partial charge in [0.2, 0.25) is 5.91 Å². The average molecular weight is 265 g/mol. The highest BCUT2D eigenvalue weighted by molar-refractivity contribution is 5.96. The normalized spacial score (nSPS) is 16.5. The number of anilines is 1. The molecule has 1 fully saturated rings. The van der Waals surface area contributed by atoms with Gasteiger partial charge in [0, 0.05) is 17.5 Å². The van der Waals surface area contributed by atoms with Gasteiger partial charge in [-0.15, -0.1) is 0 Å². The fraction of sp³-hybridized carbons (Fsp3) is 0.714. The minimum atomic E-state index is -0.595. The molecule has 1 heterocycles. The summed E-state index contributed by atoms with van der Waals surface area (Å²) in [5.41, 5.74) is -0.709. The number of nitrogens with zero attached hydrogens (tertiary/aromatic N) is 1. The Morgan fingerprint density at radius 1 is 1.32 bits per heavy atom. The van der Waals surface area contributed by atoms with Crippen LogP contribution in [0.4, 0.5) is 5.82 Å². The van der Waals surface area contributed by atoms with Crippen LogP contribution in [0.25, 0.3) is 0 Å². The zero-order valence-electron chi connectivity index (χ0n) is 12.3. The van der Waals surface area contributed by atoms with Crippen molar-refractivity contribution in [2.24, 2.45) is 0 Å². The molecule has 0 aliphatic heterocycles. The first-order chi connectivity index (χ1) is 8.68. The van der Waals surface area contributed by atoms with E-state index >= 15 is 0 Å². The largest absolute Gasteiger partial charge is 0.359 e. The van der Waals surface area contributed by atoms with Gasteiger partial charge in [-0.3, -0.25) is 4.79 Å². The third-order valence-corrected chi connectivity index (χ3v) is 3.20. The van der Waals surface area contributed by atoms with Crippen molar-refractivity contribution in [1.29, 1.82) is 0 Å². The van der Waals surface area contributed by atoms with Crippen LogP contribution < -0.4 is 10.6 Å². The van der Waals surface area contributed by atoms with Crippen LogP contribution in [0.15, 0.2) is 10.6 Å². The highest BCUT2D eigenvalue weighted by atomic mass is 16.5. The molecule has 1 aliphatic rings. The Morgan fingerprint density at radius 2 is 1.95 bits per heavy atom. The van der Waals surface area contributed by atoms with E-state index in [0.717, 1.165) is 18.6 Å². The monoisotopic (exact) mass is 265 g/mol. The summed E-state index contributed by atoms with van der Waals surface area (Å²) in [7, 11) is 0. The molecule has 0 aromatic carbocycles. The molecular weight excluding hydrogens is 242 g/mol. The lowest BCUT2D eigenvalue weighted by atomic mass is 9.93. The fourth-order valence-electron chi connectivity index (χ4n) is 1.76. The van der Waals surface area contributed by atoms with E-state index in [4.69, 9.17) is 4.52 Å². The highest BCUT2D eigenvalue weighted by Gasteiger charge is 2.34. The van der Waals surface area contributed by atoms with Gasteiger partial charge in [0.05, 0.1) is 5.54 Å². The van der Waals surface area contributed by atoms with Gasteiger partial charge in [-0.1, -0.05) is 25.9 Å². The van der Waals surface area contributed by atoms with Gasteiger partial charge in [0.25, 0.3) is 0 Å². The van der Waals surface area contributed by atoms with E-state index in [9.17, 15) is 4.79 Å². The molecule has 0 radical (unpaired) electrons. The molecule has 2 N–H and O–H groups in total. The molecule has 19 heavy (non-hydrogen) atoms. The summed E-state index contributed by atoms with van der Waals surface area (Å²) in [6.45, 7) is 9.88. The van der Waals surface area contributed by atoms with Crippen LogP contribution in [0.3, 0.4) is 0 Å². The van der Waals surface area contributed by atoms with Crippen molar-refractivity contribution in [3.05, 3.63) is 11.8 Å². The maximum atomic E-state index is 12.2. The molecular formula is C14H23N3O2. The van der Waals surface area contributed by atoms with E-state index in [-0.39, 0.29) is 11.3 Å². The highest BCUT2D eigenvalue weighted by Crippen LogP contribution is 2.26. The molecule has 1 aliphatic carbocycles. The molecule has 1 aromatic heterocycles. The first kappa shape index (κ1) is 14.1. The van der Waals surface area contributed by atoms with Crippen molar-refractivity contribution in [3.63, 3.8) is 0 Å². The zero-order valence-corrected chi connectivity index (χ0v) is 12.3. The number of carbonyl (C=O) groups is 1. The predicted octanol–water partition coefficient (Wildman–Crippen LogP) is 2.44. The molecule has 0 spiro atoms. The van der Waals surface area contributed by atoms with E-state index < -0.39 is 5.54 Å². The lowest BCUT2D eigenvalue weighted by Crippen LogP contribution is -2.50. The summed E-state index contributed by atoms with van der Waals surface area (Å²) in [5, 5.41) is 10.0. The molecule has 0 saturated heterocycles. The summed E-state index contributed by atoms with van der Waals surface area (Å²) in [4.78, 5) is 12.2. The standard InChI is InChI=1S/C14H23N3O2/c1-13(2,3)10-8-11(17-19-10)15-12(18)14(4,5)16-9-6-7-9/h8-9,16H,6-7H2,1-5H3,(H,15,17,18). The molecule has 5 nitrogen and oxygen atoms in total. The van der Waals surface area contributed by atoms with Gasteiger partial charge in [0.15, 0.2) is 5.82 Å². The molecule has 1 amide bonds. The lowest BCUT2D eigenvalue weighted by Gasteiger charge is -2.24. The van der Waals surface area contributed by atoms with E-state index in [1.165, 1.54) is 0 Å². The number of aromatic nitrogens is 1. The van der Waals surface area contributed by atoms with Crippen molar-refractivity contribution in [2.45, 2.75) is 64.5 Å². The molecule has 1 aromatic rings. The van der Waals surface area contributed by atoms with Crippen molar-refractivity contribution in [1.82, 2.24) is 10.5 Å². The number of rotatable bonds is 4. The minimum absolute atomic E-state index is 0.0897. The van der Waals surface area contributed by atoms with Crippen LogP contribution in [-0.2, 0) is 10.2 Å². The van der Waals surface area contributed by atoms with Crippen molar-refractivity contribution < 1.29 is 9.32 Å². The summed E-state index contributed by atoms with van der Waals surface area (Å²) >= 11 is 0. The third kappa shape index (κ3) is 3.56. The van der Waals surface area contributed by atoms with Crippen molar-refractivity contribution in [2.75, 3.05) is 5.32 Å². The quantitative estimate of drug-likeness (QED) is 0.877. The Hall–Kier alpha value is -1.36. The first-order valence-corrected chi connectivity index (χ1v) is 6.75. The molecule has 106 valence electrons. The van der Waals surface area contributed by atoms with Gasteiger partial charge >= 0.3 is 0 Å². The fourth-order valence-corrected chi connectivity index (χ4v) is 1.76. The Balaban J connectivity index is 2.00. The minimum Gasteiger partial charge on any atom is -0.359 e. The van der Waals surface area contributed by atoms with Crippen LogP contribution in [0.5, 0.6) is 0 Å². The summed E-state index contributed by atoms with van der Waals surface area (Å²) < 4.78 is 5.25. The Labute approximate surface area is 114 Å². The number of amides is 1. The summed E-state index contributed by atoms with van der Waals surface area (Å²) in [5.74, 6) is 1.14. The van der Waals surface area contributed by atoms with Gasteiger partial charge < -0.3 is 15.2 Å². The summed E-state index contributed by atoms with van der Waals surface area (Å²) in [6.07, 6.45) is 2.30. The Morgan fingerprint density at radius 3 is 2.42 bits per heavy atom. The average Bonchev–Trinajstić information content (AvgIpc) is 2.92. The first-order valence-electron chi connectivity index (χ1n) is 6.75. The zero-order chi connectivity index (χ0) is 14.3. The van der Waals surface area contributed by atoms with Crippen LogP contribution in [0, 0.1) is 0 Å². The molecule has 5 heteroatoms. The maximum Gasteiger partial charge on any atom is 0.245 e. The molecule has 0 atom stereocenters. The van der Waals surface area contributed by atoms with Gasteiger partial charge in [-0.2, -0.15) is 0 Å². The number of nitrogens with one attached hydrogen (secondary N) is 2. The number of hydrogen-bond acceptors (Lipinski definition) is 4. The van der Waals surface area contributed by atoms with Crippen LogP contribution >= 0.6 is 0 Å². The van der Waals surface area contributed by atoms with Gasteiger partial charge in [0.1, 0.15) is 5.76 Å². The summed E-state index contributed by atoms with van der Waals surface area (Å²) in [6, 6.07) is 2.26. The van der Waals surface area contributed by atoms with Gasteiger partial charge in [-0.25, -0.2) is 0 Å². The second-order valence-electron chi connectivity index (χ2n) is 6.82. The van der Waals surface area contributed by atoms with E-state index in [0.29, 0.717) is 11.9 Å². The molecule has 0 unspecified atom stereocenters. The van der Waals surface area contributed by atoms with Crippen LogP contribution in [0.1, 0.15) is 53.2 Å². The topological polar surface area (TPSA) is 67.2 Å². The second kappa shape index (κ2) is 4.63. The Bertz CT molecular complexity index is 467. The van der Waals surface area contributed by atoms with Crippen LogP contribution in [-0.4, -0.2) is 22.6 Å². The lowest BCUT2D eigenvalue weighted by molar-refractivity contribution is -0.121.